The standard InChI is InChI=1S/C6H16BNO3S/c1-5(2)8-12(10,11)6(3,7)4-9/h5,8-9H,4,7H2,1-3H3. The molecule has 2 N–H and O–H groups in total. The fourth-order valence-electron chi connectivity index (χ4n) is 0.555. The van der Waals surface area contributed by atoms with Crippen LogP contribution in [0.5, 0.6) is 0 Å². The van der Waals surface area contributed by atoms with E-state index < -0.39 is 14.7 Å². The van der Waals surface area contributed by atoms with Gasteiger partial charge in [0.2, 0.25) is 10.0 Å². The van der Waals surface area contributed by atoms with Crippen LogP contribution in [0.15, 0.2) is 0 Å². The smallest absolute Gasteiger partial charge is 0.211 e. The Labute approximate surface area is 74.8 Å². The van der Waals surface area contributed by atoms with E-state index in [9.17, 15) is 8.42 Å². The lowest BCUT2D eigenvalue weighted by molar-refractivity contribution is 0.281. The lowest BCUT2D eigenvalue weighted by atomic mass is 9.89. The Morgan fingerprint density at radius 2 is 2.00 bits per heavy atom. The van der Waals surface area contributed by atoms with E-state index in [1.165, 1.54) is 14.8 Å². The highest BCUT2D eigenvalue weighted by Gasteiger charge is 2.33. The van der Waals surface area contributed by atoms with Crippen molar-refractivity contribution in [1.29, 1.82) is 0 Å². The summed E-state index contributed by atoms with van der Waals surface area (Å²) in [6, 6.07) is -0.138. The lowest BCUT2D eigenvalue weighted by Gasteiger charge is -2.23. The fraction of sp³-hybridized carbons (Fsp3) is 1.00. The fourth-order valence-corrected chi connectivity index (χ4v) is 1.66. The van der Waals surface area contributed by atoms with Gasteiger partial charge in [-0.15, -0.1) is 0 Å². The molecule has 0 bridgehead atoms. The van der Waals surface area contributed by atoms with Crippen LogP contribution in [0.3, 0.4) is 0 Å². The molecule has 4 nitrogen and oxygen atoms in total. The van der Waals surface area contributed by atoms with Crippen molar-refractivity contribution in [3.8, 4) is 0 Å². The summed E-state index contributed by atoms with van der Waals surface area (Å²) in [4.78, 5) is 0. The van der Waals surface area contributed by atoms with Crippen molar-refractivity contribution in [2.24, 2.45) is 0 Å². The highest BCUT2D eigenvalue weighted by atomic mass is 32.2. The van der Waals surface area contributed by atoms with Crippen molar-refractivity contribution in [1.82, 2.24) is 4.72 Å². The maximum absolute atomic E-state index is 11.4. The number of aliphatic hydroxyl groups excluding tert-OH is 1. The molecule has 0 aromatic rings. The third-order valence-electron chi connectivity index (χ3n) is 1.50. The van der Waals surface area contributed by atoms with Crippen molar-refractivity contribution in [3.05, 3.63) is 0 Å². The van der Waals surface area contributed by atoms with Gasteiger partial charge in [-0.3, -0.25) is 0 Å². The van der Waals surface area contributed by atoms with Gasteiger partial charge in [0, 0.05) is 6.04 Å². The van der Waals surface area contributed by atoms with Crippen LogP contribution < -0.4 is 4.72 Å². The molecule has 6 heteroatoms. The van der Waals surface area contributed by atoms with E-state index in [4.69, 9.17) is 5.11 Å². The van der Waals surface area contributed by atoms with Crippen LogP contribution in [-0.4, -0.2) is 38.7 Å². The third kappa shape index (κ3) is 2.77. The molecule has 0 aromatic heterocycles. The van der Waals surface area contributed by atoms with Crippen LogP contribution in [0, 0.1) is 0 Å². The average molecular weight is 193 g/mol. The zero-order valence-electron chi connectivity index (χ0n) is 7.96. The van der Waals surface area contributed by atoms with Gasteiger partial charge in [-0.1, -0.05) is 0 Å². The van der Waals surface area contributed by atoms with E-state index in [0.717, 1.165) is 0 Å². The second-order valence-electron chi connectivity index (χ2n) is 3.69. The highest BCUT2D eigenvalue weighted by molar-refractivity contribution is 7.92. The van der Waals surface area contributed by atoms with E-state index in [1.54, 1.807) is 13.8 Å². The van der Waals surface area contributed by atoms with Gasteiger partial charge in [0.15, 0.2) is 0 Å². The molecular weight excluding hydrogens is 177 g/mol. The topological polar surface area (TPSA) is 66.4 Å². The maximum Gasteiger partial charge on any atom is 0.211 e. The largest absolute Gasteiger partial charge is 0.395 e. The van der Waals surface area contributed by atoms with Crippen LogP contribution in [0.1, 0.15) is 20.8 Å². The molecule has 0 aliphatic carbocycles. The molecule has 1 unspecified atom stereocenters. The van der Waals surface area contributed by atoms with Gasteiger partial charge < -0.3 is 5.11 Å². The molecule has 0 rings (SSSR count). The van der Waals surface area contributed by atoms with Crippen LogP contribution in [0.4, 0.5) is 0 Å². The second-order valence-corrected chi connectivity index (χ2v) is 6.04. The van der Waals surface area contributed by atoms with Crippen LogP contribution in [0.25, 0.3) is 0 Å². The minimum absolute atomic E-state index is 0.138. The van der Waals surface area contributed by atoms with Gasteiger partial charge in [-0.05, 0) is 20.8 Å². The summed E-state index contributed by atoms with van der Waals surface area (Å²) in [5.74, 6) is 0. The minimum atomic E-state index is -3.41. The number of nitrogens with one attached hydrogen (secondary N) is 1. The molecular formula is C6H16BNO3S. The first kappa shape index (κ1) is 11.9. The Bertz CT molecular complexity index is 235. The maximum atomic E-state index is 11.4. The van der Waals surface area contributed by atoms with Crippen molar-refractivity contribution in [2.75, 3.05) is 6.61 Å². The number of hydrogen-bond donors (Lipinski definition) is 2. The normalized spacial score (nSPS) is 17.8. The zero-order valence-corrected chi connectivity index (χ0v) is 8.77. The number of hydrogen-bond acceptors (Lipinski definition) is 3. The predicted molar refractivity (Wildman–Crippen MR) is 51.2 cm³/mol. The summed E-state index contributed by atoms with van der Waals surface area (Å²) in [5.41, 5.74) is 0. The van der Waals surface area contributed by atoms with Gasteiger partial charge in [0.25, 0.3) is 0 Å². The molecule has 0 saturated carbocycles. The van der Waals surface area contributed by atoms with Crippen molar-refractivity contribution >= 4 is 17.9 Å². The van der Waals surface area contributed by atoms with E-state index in [1.807, 2.05) is 0 Å². The summed E-state index contributed by atoms with van der Waals surface area (Å²) >= 11 is 0. The van der Waals surface area contributed by atoms with Gasteiger partial charge in [0.1, 0.15) is 7.85 Å². The third-order valence-corrected chi connectivity index (χ3v) is 3.86. The quantitative estimate of drug-likeness (QED) is 0.543. The first-order chi connectivity index (χ1) is 5.23. The molecule has 1 atom stereocenters. The molecule has 0 radical (unpaired) electrons. The molecule has 0 fully saturated rings. The van der Waals surface area contributed by atoms with E-state index >= 15 is 0 Å². The number of rotatable bonds is 4. The first-order valence-electron chi connectivity index (χ1n) is 3.85. The predicted octanol–water partition coefficient (Wildman–Crippen LogP) is -1.34. The van der Waals surface area contributed by atoms with Crippen LogP contribution in [-0.2, 0) is 10.0 Å². The zero-order chi connectivity index (χ0) is 9.99. The first-order valence-corrected chi connectivity index (χ1v) is 5.34. The van der Waals surface area contributed by atoms with Crippen LogP contribution >= 0.6 is 0 Å². The Kier molecular flexibility index (Phi) is 3.74. The van der Waals surface area contributed by atoms with Crippen molar-refractivity contribution in [3.63, 3.8) is 0 Å². The van der Waals surface area contributed by atoms with Gasteiger partial charge in [-0.25, -0.2) is 13.1 Å². The second kappa shape index (κ2) is 3.76. The molecule has 0 aromatic carbocycles. The van der Waals surface area contributed by atoms with Crippen molar-refractivity contribution < 1.29 is 13.5 Å². The Morgan fingerprint density at radius 3 is 2.25 bits per heavy atom. The van der Waals surface area contributed by atoms with Crippen molar-refractivity contribution in [2.45, 2.75) is 31.5 Å². The van der Waals surface area contributed by atoms with Crippen LogP contribution in [0.2, 0.25) is 0 Å². The van der Waals surface area contributed by atoms with Gasteiger partial charge in [-0.2, -0.15) is 0 Å². The SMILES string of the molecule is BC(C)(CO)S(=O)(=O)NC(C)C. The number of aliphatic hydroxyl groups is 1. The molecule has 0 saturated heterocycles. The van der Waals surface area contributed by atoms with E-state index in [2.05, 4.69) is 4.72 Å². The van der Waals surface area contributed by atoms with E-state index in [0.29, 0.717) is 0 Å². The Balaban J connectivity index is 4.63. The molecule has 0 aliphatic rings. The number of sulfonamides is 1. The Hall–Kier alpha value is -0.0651. The molecule has 0 heterocycles. The van der Waals surface area contributed by atoms with Gasteiger partial charge in [0.05, 0.1) is 11.3 Å². The summed E-state index contributed by atoms with van der Waals surface area (Å²) < 4.78 is 24.2. The van der Waals surface area contributed by atoms with Gasteiger partial charge >= 0.3 is 0 Å². The summed E-state index contributed by atoms with van der Waals surface area (Å²) in [6.07, 6.45) is 0. The minimum Gasteiger partial charge on any atom is -0.395 e. The molecule has 0 amide bonds. The molecule has 0 aliphatic heterocycles. The summed E-state index contributed by atoms with van der Waals surface area (Å²) in [6.45, 7) is 4.59. The lowest BCUT2D eigenvalue weighted by Crippen LogP contribution is -2.49. The average Bonchev–Trinajstić information content (AvgIpc) is 1.84. The molecule has 0 spiro atoms. The summed E-state index contributed by atoms with van der Waals surface area (Å²) in [7, 11) is -1.93. The highest BCUT2D eigenvalue weighted by Crippen LogP contribution is 2.10. The molecule has 72 valence electrons. The summed E-state index contributed by atoms with van der Waals surface area (Å²) in [5, 5.41) is 8.82. The molecule has 12 heavy (non-hydrogen) atoms. The van der Waals surface area contributed by atoms with E-state index in [-0.39, 0.29) is 12.6 Å². The Morgan fingerprint density at radius 1 is 1.58 bits per heavy atom. The monoisotopic (exact) mass is 193 g/mol.